The second kappa shape index (κ2) is 7.11. The fourth-order valence-electron chi connectivity index (χ4n) is 2.21. The maximum Gasteiger partial charge on any atom is 0.238 e. The molecule has 1 N–H and O–H groups in total. The number of hydrogen-bond acceptors (Lipinski definition) is 3. The third-order valence-corrected chi connectivity index (χ3v) is 3.95. The van der Waals surface area contributed by atoms with E-state index in [0.29, 0.717) is 41.9 Å². The SMILES string of the molecule is CC(=O)N1CCN(CC(=O)Nc2cc(Cl)ccc2Cl)CC1. The van der Waals surface area contributed by atoms with E-state index in [-0.39, 0.29) is 18.4 Å². The van der Waals surface area contributed by atoms with Gasteiger partial charge in [0.15, 0.2) is 0 Å². The number of amides is 2. The number of piperazine rings is 1. The van der Waals surface area contributed by atoms with Crippen LogP contribution in [0, 0.1) is 0 Å². The third-order valence-electron chi connectivity index (χ3n) is 3.39. The lowest BCUT2D eigenvalue weighted by molar-refractivity contribution is -0.130. The molecule has 1 heterocycles. The number of nitrogens with zero attached hydrogens (tertiary/aromatic N) is 2. The van der Waals surface area contributed by atoms with Crippen LogP contribution in [0.3, 0.4) is 0 Å². The van der Waals surface area contributed by atoms with Gasteiger partial charge in [0, 0.05) is 38.1 Å². The molecule has 5 nitrogen and oxygen atoms in total. The number of benzene rings is 1. The van der Waals surface area contributed by atoms with Gasteiger partial charge in [0.2, 0.25) is 11.8 Å². The third kappa shape index (κ3) is 4.59. The smallest absolute Gasteiger partial charge is 0.238 e. The van der Waals surface area contributed by atoms with E-state index >= 15 is 0 Å². The van der Waals surface area contributed by atoms with Crippen molar-refractivity contribution >= 4 is 40.7 Å². The van der Waals surface area contributed by atoms with Crippen molar-refractivity contribution in [1.29, 1.82) is 0 Å². The monoisotopic (exact) mass is 329 g/mol. The van der Waals surface area contributed by atoms with E-state index in [1.54, 1.807) is 30.0 Å². The first-order valence-corrected chi connectivity index (χ1v) is 7.44. The lowest BCUT2D eigenvalue weighted by Gasteiger charge is -2.33. The van der Waals surface area contributed by atoms with Crippen LogP contribution in [0.25, 0.3) is 0 Å². The highest BCUT2D eigenvalue weighted by Gasteiger charge is 2.20. The predicted molar refractivity (Wildman–Crippen MR) is 83.8 cm³/mol. The van der Waals surface area contributed by atoms with Crippen molar-refractivity contribution in [2.45, 2.75) is 6.92 Å². The van der Waals surface area contributed by atoms with Crippen LogP contribution in [0.1, 0.15) is 6.92 Å². The van der Waals surface area contributed by atoms with Crippen molar-refractivity contribution in [2.75, 3.05) is 38.0 Å². The highest BCUT2D eigenvalue weighted by Crippen LogP contribution is 2.25. The van der Waals surface area contributed by atoms with Gasteiger partial charge in [-0.15, -0.1) is 0 Å². The maximum atomic E-state index is 12.0. The summed E-state index contributed by atoms with van der Waals surface area (Å²) in [7, 11) is 0. The Labute approximate surface area is 133 Å². The number of hydrogen-bond donors (Lipinski definition) is 1. The van der Waals surface area contributed by atoms with Gasteiger partial charge in [-0.05, 0) is 18.2 Å². The molecule has 21 heavy (non-hydrogen) atoms. The number of anilines is 1. The van der Waals surface area contributed by atoms with Gasteiger partial charge in [-0.1, -0.05) is 23.2 Å². The number of rotatable bonds is 3. The molecular formula is C14H17Cl2N3O2. The Morgan fingerprint density at radius 3 is 2.48 bits per heavy atom. The van der Waals surface area contributed by atoms with Crippen LogP contribution in [0.2, 0.25) is 10.0 Å². The highest BCUT2D eigenvalue weighted by atomic mass is 35.5. The number of carbonyl (C=O) groups is 2. The summed E-state index contributed by atoms with van der Waals surface area (Å²) in [6.07, 6.45) is 0. The minimum absolute atomic E-state index is 0.0739. The van der Waals surface area contributed by atoms with Gasteiger partial charge in [0.05, 0.1) is 17.3 Å². The van der Waals surface area contributed by atoms with Crippen molar-refractivity contribution in [3.05, 3.63) is 28.2 Å². The summed E-state index contributed by atoms with van der Waals surface area (Å²) in [5.41, 5.74) is 0.511. The molecule has 0 bridgehead atoms. The molecule has 1 aromatic carbocycles. The molecule has 0 aliphatic carbocycles. The molecular weight excluding hydrogens is 313 g/mol. The summed E-state index contributed by atoms with van der Waals surface area (Å²) in [5, 5.41) is 3.73. The van der Waals surface area contributed by atoms with Crippen LogP contribution in [-0.4, -0.2) is 54.3 Å². The minimum atomic E-state index is -0.143. The minimum Gasteiger partial charge on any atom is -0.340 e. The van der Waals surface area contributed by atoms with Crippen molar-refractivity contribution in [2.24, 2.45) is 0 Å². The lowest BCUT2D eigenvalue weighted by Crippen LogP contribution is -2.49. The molecule has 0 unspecified atom stereocenters. The summed E-state index contributed by atoms with van der Waals surface area (Å²) in [4.78, 5) is 27.1. The molecule has 1 aliphatic heterocycles. The summed E-state index contributed by atoms with van der Waals surface area (Å²) in [6, 6.07) is 4.93. The van der Waals surface area contributed by atoms with Gasteiger partial charge in [-0.2, -0.15) is 0 Å². The fourth-order valence-corrected chi connectivity index (χ4v) is 2.54. The van der Waals surface area contributed by atoms with Crippen LogP contribution in [-0.2, 0) is 9.59 Å². The highest BCUT2D eigenvalue weighted by molar-refractivity contribution is 6.35. The van der Waals surface area contributed by atoms with E-state index in [1.807, 2.05) is 4.90 Å². The molecule has 2 amide bonds. The quantitative estimate of drug-likeness (QED) is 0.923. The zero-order valence-corrected chi connectivity index (χ0v) is 13.2. The predicted octanol–water partition coefficient (Wildman–Crippen LogP) is 2.10. The number of halogens is 2. The zero-order valence-electron chi connectivity index (χ0n) is 11.7. The number of nitrogens with one attached hydrogen (secondary N) is 1. The van der Waals surface area contributed by atoms with E-state index < -0.39 is 0 Å². The molecule has 0 spiro atoms. The van der Waals surface area contributed by atoms with Crippen molar-refractivity contribution in [3.8, 4) is 0 Å². The van der Waals surface area contributed by atoms with Gasteiger partial charge in [0.1, 0.15) is 0 Å². The Balaban J connectivity index is 1.85. The maximum absolute atomic E-state index is 12.0. The Hall–Kier alpha value is -1.30. The van der Waals surface area contributed by atoms with E-state index in [2.05, 4.69) is 5.32 Å². The van der Waals surface area contributed by atoms with Crippen LogP contribution in [0.15, 0.2) is 18.2 Å². The van der Waals surface area contributed by atoms with Gasteiger partial charge in [0.25, 0.3) is 0 Å². The van der Waals surface area contributed by atoms with Crippen LogP contribution >= 0.6 is 23.2 Å². The molecule has 7 heteroatoms. The normalized spacial score (nSPS) is 15.9. The lowest BCUT2D eigenvalue weighted by atomic mass is 10.3. The average molecular weight is 330 g/mol. The standard InChI is InChI=1S/C14H17Cl2N3O2/c1-10(20)19-6-4-18(5-7-19)9-14(21)17-13-8-11(15)2-3-12(13)16/h2-3,8H,4-7,9H2,1H3,(H,17,21). The van der Waals surface area contributed by atoms with Gasteiger partial charge < -0.3 is 10.2 Å². The topological polar surface area (TPSA) is 52.7 Å². The second-order valence-corrected chi connectivity index (χ2v) is 5.80. The zero-order chi connectivity index (χ0) is 15.4. The summed E-state index contributed by atoms with van der Waals surface area (Å²) < 4.78 is 0. The molecule has 1 saturated heterocycles. The molecule has 0 radical (unpaired) electrons. The first-order chi connectivity index (χ1) is 9.95. The first-order valence-electron chi connectivity index (χ1n) is 6.68. The van der Waals surface area contributed by atoms with Crippen LogP contribution < -0.4 is 5.32 Å². The molecule has 0 atom stereocenters. The van der Waals surface area contributed by atoms with E-state index in [1.165, 1.54) is 0 Å². The Kier molecular flexibility index (Phi) is 5.45. The average Bonchev–Trinajstić information content (AvgIpc) is 2.43. The molecule has 114 valence electrons. The molecule has 0 aromatic heterocycles. The Bertz CT molecular complexity index is 543. The second-order valence-electron chi connectivity index (χ2n) is 4.95. The molecule has 1 aromatic rings. The molecule has 1 fully saturated rings. The van der Waals surface area contributed by atoms with Crippen molar-refractivity contribution in [1.82, 2.24) is 9.80 Å². The fraction of sp³-hybridized carbons (Fsp3) is 0.429. The first kappa shape index (κ1) is 16.1. The summed E-state index contributed by atoms with van der Waals surface area (Å²) in [6.45, 7) is 4.52. The Morgan fingerprint density at radius 1 is 1.19 bits per heavy atom. The van der Waals surface area contributed by atoms with Gasteiger partial charge in [-0.3, -0.25) is 14.5 Å². The van der Waals surface area contributed by atoms with Crippen molar-refractivity contribution < 1.29 is 9.59 Å². The van der Waals surface area contributed by atoms with E-state index in [4.69, 9.17) is 23.2 Å². The van der Waals surface area contributed by atoms with Gasteiger partial charge >= 0.3 is 0 Å². The van der Waals surface area contributed by atoms with E-state index in [9.17, 15) is 9.59 Å². The van der Waals surface area contributed by atoms with Crippen molar-refractivity contribution in [3.63, 3.8) is 0 Å². The number of carbonyl (C=O) groups excluding carboxylic acids is 2. The van der Waals surface area contributed by atoms with Crippen LogP contribution in [0.4, 0.5) is 5.69 Å². The van der Waals surface area contributed by atoms with Gasteiger partial charge in [-0.25, -0.2) is 0 Å². The van der Waals surface area contributed by atoms with Crippen LogP contribution in [0.5, 0.6) is 0 Å². The van der Waals surface area contributed by atoms with E-state index in [0.717, 1.165) is 0 Å². The molecule has 2 rings (SSSR count). The molecule has 1 aliphatic rings. The summed E-state index contributed by atoms with van der Waals surface area (Å²) >= 11 is 11.9. The Morgan fingerprint density at radius 2 is 1.86 bits per heavy atom. The molecule has 0 saturated carbocycles. The summed E-state index contributed by atoms with van der Waals surface area (Å²) in [5.74, 6) is -0.0692. The largest absolute Gasteiger partial charge is 0.340 e.